The van der Waals surface area contributed by atoms with Crippen molar-refractivity contribution in [3.63, 3.8) is 0 Å². The fourth-order valence-electron chi connectivity index (χ4n) is 1.93. The van der Waals surface area contributed by atoms with Gasteiger partial charge >= 0.3 is 0 Å². The Morgan fingerprint density at radius 3 is 2.65 bits per heavy atom. The molecule has 0 atom stereocenters. The van der Waals surface area contributed by atoms with Crippen LogP contribution in [-0.4, -0.2) is 21.8 Å². The molecule has 0 unspecified atom stereocenters. The summed E-state index contributed by atoms with van der Waals surface area (Å²) in [5, 5.41) is 11.0. The molecule has 2 aromatic rings. The Kier molecular flexibility index (Phi) is 4.30. The molecule has 20 heavy (non-hydrogen) atoms. The Morgan fingerprint density at radius 1 is 1.35 bits per heavy atom. The van der Waals surface area contributed by atoms with Crippen LogP contribution in [0.2, 0.25) is 0 Å². The summed E-state index contributed by atoms with van der Waals surface area (Å²) in [6, 6.07) is 9.69. The van der Waals surface area contributed by atoms with E-state index in [-0.39, 0.29) is 5.91 Å². The highest BCUT2D eigenvalue weighted by Crippen LogP contribution is 2.10. The van der Waals surface area contributed by atoms with Crippen LogP contribution in [0.3, 0.4) is 0 Å². The summed E-state index contributed by atoms with van der Waals surface area (Å²) in [4.78, 5) is 12.0. The second-order valence-corrected chi connectivity index (χ2v) is 4.53. The Morgan fingerprint density at radius 2 is 2.05 bits per heavy atom. The van der Waals surface area contributed by atoms with Crippen LogP contribution in [0, 0.1) is 6.92 Å². The van der Waals surface area contributed by atoms with Crippen LogP contribution in [0.4, 0.5) is 0 Å². The fourth-order valence-corrected chi connectivity index (χ4v) is 1.93. The number of hydrogen-bond acceptors (Lipinski definition) is 3. The third-order valence-corrected chi connectivity index (χ3v) is 3.20. The van der Waals surface area contributed by atoms with Gasteiger partial charge in [-0.15, -0.1) is 0 Å². The summed E-state index contributed by atoms with van der Waals surface area (Å²) in [5.74, 6) is -0.297. The van der Waals surface area contributed by atoms with E-state index in [1.165, 1.54) is 0 Å². The van der Waals surface area contributed by atoms with E-state index in [4.69, 9.17) is 0 Å². The zero-order valence-electron chi connectivity index (χ0n) is 11.9. The molecular weight excluding hydrogens is 252 g/mol. The van der Waals surface area contributed by atoms with Crippen molar-refractivity contribution in [3.05, 3.63) is 52.8 Å². The van der Waals surface area contributed by atoms with Crippen LogP contribution >= 0.6 is 0 Å². The maximum Gasteiger partial charge on any atom is 0.292 e. The topological polar surface area (TPSA) is 70.1 Å². The first kappa shape index (κ1) is 14.0. The van der Waals surface area contributed by atoms with Crippen molar-refractivity contribution in [1.29, 1.82) is 0 Å². The van der Waals surface area contributed by atoms with Gasteiger partial charge in [0.25, 0.3) is 5.91 Å². The molecule has 0 saturated heterocycles. The van der Waals surface area contributed by atoms with Crippen molar-refractivity contribution in [1.82, 2.24) is 15.6 Å². The van der Waals surface area contributed by atoms with Crippen LogP contribution < -0.4 is 5.43 Å². The molecule has 0 fully saturated rings. The van der Waals surface area contributed by atoms with E-state index >= 15 is 0 Å². The van der Waals surface area contributed by atoms with Gasteiger partial charge in [0.15, 0.2) is 5.69 Å². The predicted molar refractivity (Wildman–Crippen MR) is 78.8 cm³/mol. The van der Waals surface area contributed by atoms with E-state index < -0.39 is 0 Å². The molecule has 0 spiro atoms. The lowest BCUT2D eigenvalue weighted by Crippen LogP contribution is -2.20. The minimum absolute atomic E-state index is 0.297. The van der Waals surface area contributed by atoms with E-state index in [2.05, 4.69) is 20.7 Å². The Hall–Kier alpha value is -2.43. The lowest BCUT2D eigenvalue weighted by molar-refractivity contribution is 0.0949. The van der Waals surface area contributed by atoms with E-state index in [1.807, 2.05) is 51.1 Å². The molecule has 104 valence electrons. The smallest absolute Gasteiger partial charge is 0.282 e. The third kappa shape index (κ3) is 2.93. The maximum atomic E-state index is 12.0. The molecule has 5 heteroatoms. The maximum absolute atomic E-state index is 12.0. The van der Waals surface area contributed by atoms with Gasteiger partial charge in [0.1, 0.15) is 0 Å². The van der Waals surface area contributed by atoms with Gasteiger partial charge in [0.2, 0.25) is 0 Å². The van der Waals surface area contributed by atoms with Gasteiger partial charge in [-0.3, -0.25) is 9.89 Å². The second-order valence-electron chi connectivity index (χ2n) is 4.53. The summed E-state index contributed by atoms with van der Waals surface area (Å²) in [6.07, 6.45) is 0.818. The van der Waals surface area contributed by atoms with Crippen molar-refractivity contribution >= 4 is 11.6 Å². The van der Waals surface area contributed by atoms with Gasteiger partial charge in [0.05, 0.1) is 5.71 Å². The number of H-pyrrole nitrogens is 1. The van der Waals surface area contributed by atoms with Gasteiger partial charge in [-0.25, -0.2) is 5.43 Å². The second kappa shape index (κ2) is 6.14. The minimum Gasteiger partial charge on any atom is -0.282 e. The van der Waals surface area contributed by atoms with Gasteiger partial charge in [0, 0.05) is 11.3 Å². The molecule has 0 aliphatic rings. The molecule has 1 aromatic carbocycles. The van der Waals surface area contributed by atoms with Crippen molar-refractivity contribution in [2.75, 3.05) is 0 Å². The van der Waals surface area contributed by atoms with Crippen molar-refractivity contribution < 1.29 is 4.79 Å². The van der Waals surface area contributed by atoms with E-state index in [0.717, 1.165) is 29.0 Å². The number of aromatic nitrogens is 2. The number of amides is 1. The molecule has 5 nitrogen and oxygen atoms in total. The monoisotopic (exact) mass is 270 g/mol. The molecular formula is C15H18N4O. The Bertz CT molecular complexity index is 629. The fraction of sp³-hybridized carbons (Fsp3) is 0.267. The molecule has 0 saturated carbocycles. The summed E-state index contributed by atoms with van der Waals surface area (Å²) in [7, 11) is 0. The zero-order valence-corrected chi connectivity index (χ0v) is 11.9. The zero-order chi connectivity index (χ0) is 14.5. The Balaban J connectivity index is 2.10. The SMILES string of the molecule is CCc1[nH]nc(C(=O)N/N=C(/C)c2ccccc2)c1C. The molecule has 0 bridgehead atoms. The van der Waals surface area contributed by atoms with Crippen molar-refractivity contribution in [2.24, 2.45) is 5.10 Å². The third-order valence-electron chi connectivity index (χ3n) is 3.20. The normalized spacial score (nSPS) is 11.4. The number of carbonyl (C=O) groups excluding carboxylic acids is 1. The summed E-state index contributed by atoms with van der Waals surface area (Å²) >= 11 is 0. The first-order valence-corrected chi connectivity index (χ1v) is 6.57. The van der Waals surface area contributed by atoms with Gasteiger partial charge < -0.3 is 0 Å². The number of carbonyl (C=O) groups is 1. The highest BCUT2D eigenvalue weighted by Gasteiger charge is 2.14. The molecule has 1 amide bonds. The van der Waals surface area contributed by atoms with Crippen molar-refractivity contribution in [3.8, 4) is 0 Å². The largest absolute Gasteiger partial charge is 0.292 e. The number of nitrogens with one attached hydrogen (secondary N) is 2. The minimum atomic E-state index is -0.297. The highest BCUT2D eigenvalue weighted by atomic mass is 16.2. The van der Waals surface area contributed by atoms with E-state index in [1.54, 1.807) is 0 Å². The quantitative estimate of drug-likeness (QED) is 0.661. The van der Waals surface area contributed by atoms with E-state index in [0.29, 0.717) is 5.69 Å². The molecule has 0 aliphatic carbocycles. The number of nitrogens with zero attached hydrogens (tertiary/aromatic N) is 2. The lowest BCUT2D eigenvalue weighted by Gasteiger charge is -2.02. The number of benzene rings is 1. The number of aromatic amines is 1. The average Bonchev–Trinajstić information content (AvgIpc) is 2.86. The van der Waals surface area contributed by atoms with Crippen LogP contribution in [-0.2, 0) is 6.42 Å². The lowest BCUT2D eigenvalue weighted by atomic mass is 10.1. The molecule has 2 rings (SSSR count). The molecule has 1 heterocycles. The van der Waals surface area contributed by atoms with Crippen LogP contribution in [0.1, 0.15) is 41.2 Å². The first-order valence-electron chi connectivity index (χ1n) is 6.57. The van der Waals surface area contributed by atoms with Crippen LogP contribution in [0.5, 0.6) is 0 Å². The molecule has 1 aromatic heterocycles. The molecule has 0 radical (unpaired) electrons. The summed E-state index contributed by atoms with van der Waals surface area (Å²) in [6.45, 7) is 5.75. The molecule has 0 aliphatic heterocycles. The number of rotatable bonds is 4. The first-order chi connectivity index (χ1) is 9.63. The van der Waals surface area contributed by atoms with Gasteiger partial charge in [-0.2, -0.15) is 10.2 Å². The number of aryl methyl sites for hydroxylation is 1. The van der Waals surface area contributed by atoms with Crippen LogP contribution in [0.15, 0.2) is 35.4 Å². The summed E-state index contributed by atoms with van der Waals surface area (Å²) < 4.78 is 0. The van der Waals surface area contributed by atoms with Crippen LogP contribution in [0.25, 0.3) is 0 Å². The number of hydrazone groups is 1. The average molecular weight is 270 g/mol. The highest BCUT2D eigenvalue weighted by molar-refractivity contribution is 6.00. The standard InChI is InChI=1S/C15H18N4O/c1-4-13-10(2)14(18-17-13)15(20)19-16-11(3)12-8-6-5-7-9-12/h5-9H,4H2,1-3H3,(H,17,18)(H,19,20)/b16-11-. The van der Waals surface area contributed by atoms with E-state index in [9.17, 15) is 4.79 Å². The van der Waals surface area contributed by atoms with Gasteiger partial charge in [-0.05, 0) is 25.8 Å². The van der Waals surface area contributed by atoms with Crippen molar-refractivity contribution in [2.45, 2.75) is 27.2 Å². The molecule has 2 N–H and O–H groups in total. The summed E-state index contributed by atoms with van der Waals surface area (Å²) in [5.41, 5.74) is 6.51. The number of hydrogen-bond donors (Lipinski definition) is 2. The predicted octanol–water partition coefficient (Wildman–Crippen LogP) is 2.43. The van der Waals surface area contributed by atoms with Gasteiger partial charge in [-0.1, -0.05) is 37.3 Å². The Labute approximate surface area is 118 Å².